The van der Waals surface area contributed by atoms with Gasteiger partial charge in [0.05, 0.1) is 18.8 Å². The molecule has 0 N–H and O–H groups in total. The number of ether oxygens (including phenoxy) is 1. The fourth-order valence-corrected chi connectivity index (χ4v) is 1.49. The van der Waals surface area contributed by atoms with Crippen LogP contribution in [-0.2, 0) is 16.1 Å². The molecule has 1 rings (SSSR count). The van der Waals surface area contributed by atoms with Gasteiger partial charge in [-0.2, -0.15) is 0 Å². The second kappa shape index (κ2) is 6.60. The third-order valence-electron chi connectivity index (χ3n) is 1.92. The zero-order valence-corrected chi connectivity index (χ0v) is 11.0. The summed E-state index contributed by atoms with van der Waals surface area (Å²) in [6.07, 6.45) is 1.74. The van der Waals surface area contributed by atoms with E-state index in [0.29, 0.717) is 13.2 Å². The van der Waals surface area contributed by atoms with E-state index >= 15 is 0 Å². The Kier molecular flexibility index (Phi) is 5.42. The Bertz CT molecular complexity index is 340. The van der Waals surface area contributed by atoms with Gasteiger partial charge in [0.25, 0.3) is 0 Å². The Morgan fingerprint density at radius 1 is 1.56 bits per heavy atom. The maximum atomic E-state index is 11.2. The van der Waals surface area contributed by atoms with Crippen LogP contribution in [0.1, 0.15) is 12.6 Å². The molecular formula is C11H15BrN2O2. The van der Waals surface area contributed by atoms with Gasteiger partial charge in [0.2, 0.25) is 0 Å². The van der Waals surface area contributed by atoms with Crippen molar-refractivity contribution in [1.29, 1.82) is 0 Å². The van der Waals surface area contributed by atoms with E-state index in [1.807, 2.05) is 24.1 Å². The van der Waals surface area contributed by atoms with Gasteiger partial charge in [-0.25, -0.2) is 0 Å². The highest BCUT2D eigenvalue weighted by molar-refractivity contribution is 9.10. The van der Waals surface area contributed by atoms with Crippen LogP contribution in [0.5, 0.6) is 0 Å². The summed E-state index contributed by atoms with van der Waals surface area (Å²) in [6, 6.07) is 3.85. The molecule has 1 aromatic rings. The van der Waals surface area contributed by atoms with Gasteiger partial charge in [-0.1, -0.05) is 0 Å². The molecule has 0 bridgehead atoms. The summed E-state index contributed by atoms with van der Waals surface area (Å²) in [7, 11) is 1.86. The molecule has 0 fully saturated rings. The normalized spacial score (nSPS) is 10.5. The predicted octanol–water partition coefficient (Wildman–Crippen LogP) is 1.84. The minimum absolute atomic E-state index is 0.206. The molecule has 0 aliphatic heterocycles. The van der Waals surface area contributed by atoms with E-state index in [4.69, 9.17) is 4.74 Å². The first-order chi connectivity index (χ1) is 7.61. The first kappa shape index (κ1) is 13.1. The van der Waals surface area contributed by atoms with Crippen LogP contribution in [0.25, 0.3) is 0 Å². The van der Waals surface area contributed by atoms with Gasteiger partial charge in [-0.15, -0.1) is 0 Å². The molecule has 0 amide bonds. The predicted molar refractivity (Wildman–Crippen MR) is 64.9 cm³/mol. The van der Waals surface area contributed by atoms with Crippen LogP contribution in [0.2, 0.25) is 0 Å². The van der Waals surface area contributed by atoms with Gasteiger partial charge < -0.3 is 4.74 Å². The molecule has 1 heterocycles. The molecule has 16 heavy (non-hydrogen) atoms. The van der Waals surface area contributed by atoms with Crippen molar-refractivity contribution in [2.24, 2.45) is 0 Å². The molecule has 4 nitrogen and oxygen atoms in total. The molecule has 1 aromatic heterocycles. The van der Waals surface area contributed by atoms with E-state index in [9.17, 15) is 4.79 Å². The van der Waals surface area contributed by atoms with Crippen molar-refractivity contribution in [3.63, 3.8) is 0 Å². The second-order valence-electron chi connectivity index (χ2n) is 3.45. The number of carbonyl (C=O) groups is 1. The number of esters is 1. The minimum Gasteiger partial charge on any atom is -0.465 e. The average molecular weight is 287 g/mol. The van der Waals surface area contributed by atoms with Crippen molar-refractivity contribution in [1.82, 2.24) is 9.88 Å². The molecule has 0 atom stereocenters. The summed E-state index contributed by atoms with van der Waals surface area (Å²) in [5, 5.41) is 0. The van der Waals surface area contributed by atoms with Crippen LogP contribution in [0.4, 0.5) is 0 Å². The van der Waals surface area contributed by atoms with E-state index in [-0.39, 0.29) is 12.5 Å². The first-order valence-electron chi connectivity index (χ1n) is 5.06. The molecule has 0 radical (unpaired) electrons. The van der Waals surface area contributed by atoms with Crippen molar-refractivity contribution >= 4 is 21.9 Å². The molecular weight excluding hydrogens is 272 g/mol. The van der Waals surface area contributed by atoms with Gasteiger partial charge in [0.15, 0.2) is 0 Å². The van der Waals surface area contributed by atoms with Crippen molar-refractivity contribution in [3.8, 4) is 0 Å². The Morgan fingerprint density at radius 2 is 2.31 bits per heavy atom. The molecule has 0 aliphatic rings. The average Bonchev–Trinajstić information content (AvgIpc) is 2.21. The van der Waals surface area contributed by atoms with E-state index in [0.717, 1.165) is 10.2 Å². The fourth-order valence-electron chi connectivity index (χ4n) is 1.26. The number of rotatable bonds is 5. The lowest BCUT2D eigenvalue weighted by Crippen LogP contribution is -2.27. The first-order valence-corrected chi connectivity index (χ1v) is 5.85. The van der Waals surface area contributed by atoms with Crippen molar-refractivity contribution in [2.75, 3.05) is 20.2 Å². The van der Waals surface area contributed by atoms with Gasteiger partial charge in [-0.05, 0) is 42.0 Å². The van der Waals surface area contributed by atoms with Crippen LogP contribution in [0.15, 0.2) is 22.8 Å². The quantitative estimate of drug-likeness (QED) is 0.775. The summed E-state index contributed by atoms with van der Waals surface area (Å²) in [5.74, 6) is -0.206. The van der Waals surface area contributed by atoms with Crippen LogP contribution < -0.4 is 0 Å². The third-order valence-corrected chi connectivity index (χ3v) is 2.39. The monoisotopic (exact) mass is 286 g/mol. The molecule has 0 saturated carbocycles. The van der Waals surface area contributed by atoms with E-state index < -0.39 is 0 Å². The highest BCUT2D eigenvalue weighted by Gasteiger charge is 2.07. The topological polar surface area (TPSA) is 42.4 Å². The molecule has 0 spiro atoms. The second-order valence-corrected chi connectivity index (χ2v) is 4.36. The molecule has 88 valence electrons. The van der Waals surface area contributed by atoms with E-state index in [1.54, 1.807) is 13.1 Å². The van der Waals surface area contributed by atoms with Gasteiger partial charge in [0, 0.05) is 17.2 Å². The number of aromatic nitrogens is 1. The zero-order valence-electron chi connectivity index (χ0n) is 9.44. The lowest BCUT2D eigenvalue weighted by atomic mass is 10.3. The molecule has 5 heteroatoms. The van der Waals surface area contributed by atoms with Crippen molar-refractivity contribution in [3.05, 3.63) is 28.5 Å². The van der Waals surface area contributed by atoms with Crippen LogP contribution in [-0.4, -0.2) is 36.1 Å². The number of likely N-dealkylation sites (N-methyl/N-ethyl adjacent to an activating group) is 1. The largest absolute Gasteiger partial charge is 0.465 e. The smallest absolute Gasteiger partial charge is 0.320 e. The maximum absolute atomic E-state index is 11.2. The number of nitrogens with zero attached hydrogens (tertiary/aromatic N) is 2. The van der Waals surface area contributed by atoms with Crippen molar-refractivity contribution < 1.29 is 9.53 Å². The number of carbonyl (C=O) groups excluding carboxylic acids is 1. The highest BCUT2D eigenvalue weighted by Crippen LogP contribution is 2.08. The van der Waals surface area contributed by atoms with Crippen molar-refractivity contribution in [2.45, 2.75) is 13.5 Å². The lowest BCUT2D eigenvalue weighted by Gasteiger charge is -2.14. The summed E-state index contributed by atoms with van der Waals surface area (Å²) in [6.45, 7) is 3.13. The SMILES string of the molecule is CCOC(=O)CN(C)Cc1ccc(Br)cn1. The Labute approximate surface area is 104 Å². The number of halogens is 1. The highest BCUT2D eigenvalue weighted by atomic mass is 79.9. The number of hydrogen-bond acceptors (Lipinski definition) is 4. The van der Waals surface area contributed by atoms with Gasteiger partial charge in [-0.3, -0.25) is 14.7 Å². The van der Waals surface area contributed by atoms with Gasteiger partial charge in [0.1, 0.15) is 0 Å². The van der Waals surface area contributed by atoms with Crippen LogP contribution >= 0.6 is 15.9 Å². The Hall–Kier alpha value is -0.940. The Balaban J connectivity index is 2.42. The molecule has 0 unspecified atom stereocenters. The lowest BCUT2D eigenvalue weighted by molar-refractivity contribution is -0.144. The summed E-state index contributed by atoms with van der Waals surface area (Å²) >= 11 is 3.32. The van der Waals surface area contributed by atoms with E-state index in [1.165, 1.54) is 0 Å². The van der Waals surface area contributed by atoms with Crippen LogP contribution in [0, 0.1) is 0 Å². The zero-order chi connectivity index (χ0) is 12.0. The Morgan fingerprint density at radius 3 is 2.88 bits per heavy atom. The molecule has 0 aliphatic carbocycles. The summed E-state index contributed by atoms with van der Waals surface area (Å²) in [5.41, 5.74) is 0.926. The van der Waals surface area contributed by atoms with Crippen LogP contribution in [0.3, 0.4) is 0 Å². The summed E-state index contributed by atoms with van der Waals surface area (Å²) in [4.78, 5) is 17.3. The number of hydrogen-bond donors (Lipinski definition) is 0. The fraction of sp³-hybridized carbons (Fsp3) is 0.455. The standard InChI is InChI=1S/C11H15BrN2O2/c1-3-16-11(15)8-14(2)7-10-5-4-9(12)6-13-10/h4-6H,3,7-8H2,1-2H3. The van der Waals surface area contributed by atoms with Gasteiger partial charge >= 0.3 is 5.97 Å². The maximum Gasteiger partial charge on any atom is 0.320 e. The summed E-state index contributed by atoms with van der Waals surface area (Å²) < 4.78 is 5.81. The molecule has 0 aromatic carbocycles. The minimum atomic E-state index is -0.206. The number of pyridine rings is 1. The van der Waals surface area contributed by atoms with E-state index in [2.05, 4.69) is 20.9 Å². The third kappa shape index (κ3) is 4.72. The molecule has 0 saturated heterocycles.